The Labute approximate surface area is 208 Å². The molecule has 1 fully saturated rings. The number of nitrogens with zero attached hydrogens (tertiary/aromatic N) is 2. The van der Waals surface area contributed by atoms with Crippen molar-refractivity contribution in [2.24, 2.45) is 0 Å². The molecule has 1 unspecified atom stereocenters. The number of aromatic nitrogens is 1. The molecule has 1 atom stereocenters. The van der Waals surface area contributed by atoms with Gasteiger partial charge < -0.3 is 14.6 Å². The first-order valence-corrected chi connectivity index (χ1v) is 11.5. The zero-order valence-electron chi connectivity index (χ0n) is 20.2. The van der Waals surface area contributed by atoms with Crippen molar-refractivity contribution >= 4 is 29.1 Å². The minimum Gasteiger partial charge on any atom is -0.507 e. The molecule has 0 radical (unpaired) electrons. The van der Waals surface area contributed by atoms with Crippen molar-refractivity contribution in [3.05, 3.63) is 94.8 Å². The molecule has 36 heavy (non-hydrogen) atoms. The number of aryl methyl sites for hydroxylation is 1. The molecule has 3 aromatic rings. The summed E-state index contributed by atoms with van der Waals surface area (Å²) < 4.78 is 10.6. The van der Waals surface area contributed by atoms with E-state index in [0.29, 0.717) is 29.0 Å². The maximum atomic E-state index is 13.4. The van der Waals surface area contributed by atoms with Crippen LogP contribution in [0, 0.1) is 6.92 Å². The maximum absolute atomic E-state index is 13.4. The molecule has 1 aliphatic heterocycles. The lowest BCUT2D eigenvalue weighted by atomic mass is 9.95. The summed E-state index contributed by atoms with van der Waals surface area (Å²) >= 11 is 0. The van der Waals surface area contributed by atoms with Crippen LogP contribution in [-0.4, -0.2) is 41.5 Å². The van der Waals surface area contributed by atoms with Gasteiger partial charge in [0.1, 0.15) is 11.5 Å². The highest BCUT2D eigenvalue weighted by Crippen LogP contribution is 2.43. The van der Waals surface area contributed by atoms with Crippen LogP contribution < -0.4 is 9.64 Å². The number of pyridine rings is 1. The van der Waals surface area contributed by atoms with Gasteiger partial charge in [-0.25, -0.2) is 4.79 Å². The third-order valence-corrected chi connectivity index (χ3v) is 5.85. The number of hydrogen-bond donors (Lipinski definition) is 1. The number of esters is 1. The Morgan fingerprint density at radius 3 is 2.61 bits per heavy atom. The number of aliphatic hydroxyl groups excluding tert-OH is 1. The van der Waals surface area contributed by atoms with Gasteiger partial charge in [-0.15, -0.1) is 0 Å². The number of aliphatic hydroxyl groups is 1. The fourth-order valence-electron chi connectivity index (χ4n) is 4.16. The number of amides is 1. The minimum atomic E-state index is -0.981. The van der Waals surface area contributed by atoms with Crippen LogP contribution >= 0.6 is 0 Å². The topological polar surface area (TPSA) is 106 Å². The molecule has 1 aliphatic rings. The fourth-order valence-corrected chi connectivity index (χ4v) is 4.16. The van der Waals surface area contributed by atoms with Crippen LogP contribution in [0.2, 0.25) is 0 Å². The van der Waals surface area contributed by atoms with Crippen molar-refractivity contribution in [1.82, 2.24) is 4.98 Å². The molecule has 4 rings (SSSR count). The van der Waals surface area contributed by atoms with E-state index in [1.165, 1.54) is 24.3 Å². The number of ketones is 1. The van der Waals surface area contributed by atoms with Crippen LogP contribution in [0.5, 0.6) is 5.75 Å². The number of carbonyl (C=O) groups excluding carboxylic acids is 3. The quantitative estimate of drug-likeness (QED) is 0.225. The Hall–Kier alpha value is -4.46. The van der Waals surface area contributed by atoms with Crippen molar-refractivity contribution in [1.29, 1.82) is 0 Å². The van der Waals surface area contributed by atoms with Gasteiger partial charge in [0, 0.05) is 18.1 Å². The predicted molar refractivity (Wildman–Crippen MR) is 134 cm³/mol. The van der Waals surface area contributed by atoms with E-state index < -0.39 is 23.7 Å². The summed E-state index contributed by atoms with van der Waals surface area (Å²) in [7, 11) is 1.46. The van der Waals surface area contributed by atoms with E-state index in [-0.39, 0.29) is 23.5 Å². The molecule has 8 nitrogen and oxygen atoms in total. The van der Waals surface area contributed by atoms with Gasteiger partial charge in [-0.3, -0.25) is 19.5 Å². The molecule has 2 heterocycles. The van der Waals surface area contributed by atoms with Crippen LogP contribution in [0.25, 0.3) is 5.76 Å². The molecular formula is C28H26N2O6. The zero-order chi connectivity index (χ0) is 25.8. The summed E-state index contributed by atoms with van der Waals surface area (Å²) in [4.78, 5) is 44.6. The van der Waals surface area contributed by atoms with Gasteiger partial charge in [0.05, 0.1) is 36.5 Å². The molecule has 0 spiro atoms. The van der Waals surface area contributed by atoms with Crippen molar-refractivity contribution < 1.29 is 29.0 Å². The van der Waals surface area contributed by atoms with Crippen molar-refractivity contribution in [2.75, 3.05) is 18.6 Å². The van der Waals surface area contributed by atoms with Crippen molar-refractivity contribution in [3.8, 4) is 5.75 Å². The summed E-state index contributed by atoms with van der Waals surface area (Å²) in [5.41, 5.74) is 2.10. The molecule has 184 valence electrons. The van der Waals surface area contributed by atoms with E-state index in [4.69, 9.17) is 9.47 Å². The summed E-state index contributed by atoms with van der Waals surface area (Å²) in [5.74, 6) is -2.23. The summed E-state index contributed by atoms with van der Waals surface area (Å²) in [6.07, 6.45) is 3.77. The van der Waals surface area contributed by atoms with E-state index in [9.17, 15) is 19.5 Å². The summed E-state index contributed by atoms with van der Waals surface area (Å²) in [6, 6.07) is 13.9. The average molecular weight is 487 g/mol. The van der Waals surface area contributed by atoms with Gasteiger partial charge in [0.15, 0.2) is 0 Å². The highest BCUT2D eigenvalue weighted by atomic mass is 16.5. The highest BCUT2D eigenvalue weighted by molar-refractivity contribution is 6.51. The normalized spacial score (nSPS) is 16.8. The van der Waals surface area contributed by atoms with Gasteiger partial charge >= 0.3 is 5.97 Å². The van der Waals surface area contributed by atoms with Crippen molar-refractivity contribution in [3.63, 3.8) is 0 Å². The first kappa shape index (κ1) is 24.7. The Morgan fingerprint density at radius 2 is 1.92 bits per heavy atom. The van der Waals surface area contributed by atoms with Gasteiger partial charge in [-0.05, 0) is 55.3 Å². The second kappa shape index (κ2) is 10.4. The lowest BCUT2D eigenvalue weighted by Gasteiger charge is -2.25. The van der Waals surface area contributed by atoms with Crippen LogP contribution in [0.3, 0.4) is 0 Å². The van der Waals surface area contributed by atoms with Gasteiger partial charge in [0.2, 0.25) is 0 Å². The number of ether oxygens (including phenoxy) is 2. The Morgan fingerprint density at radius 1 is 1.11 bits per heavy atom. The van der Waals surface area contributed by atoms with E-state index >= 15 is 0 Å². The van der Waals surface area contributed by atoms with E-state index in [2.05, 4.69) is 4.98 Å². The molecule has 2 aromatic carbocycles. The predicted octanol–water partition coefficient (Wildman–Crippen LogP) is 4.59. The Balaban J connectivity index is 1.90. The van der Waals surface area contributed by atoms with E-state index in [1.54, 1.807) is 48.7 Å². The van der Waals surface area contributed by atoms with Crippen LogP contribution in [0.4, 0.5) is 5.69 Å². The largest absolute Gasteiger partial charge is 0.507 e. The van der Waals surface area contributed by atoms with Crippen LogP contribution in [0.15, 0.2) is 72.6 Å². The van der Waals surface area contributed by atoms with E-state index in [1.807, 2.05) is 19.9 Å². The number of anilines is 1. The highest BCUT2D eigenvalue weighted by Gasteiger charge is 2.47. The summed E-state index contributed by atoms with van der Waals surface area (Å²) in [5, 5.41) is 11.4. The Kier molecular flexibility index (Phi) is 7.15. The zero-order valence-corrected chi connectivity index (χ0v) is 20.2. The smallest absolute Gasteiger partial charge is 0.338 e. The number of carbonyl (C=O) groups is 3. The molecule has 0 saturated carbocycles. The lowest BCUT2D eigenvalue weighted by Crippen LogP contribution is -2.29. The first-order chi connectivity index (χ1) is 17.4. The number of methoxy groups -OCH3 is 1. The molecular weight excluding hydrogens is 460 g/mol. The van der Waals surface area contributed by atoms with Gasteiger partial charge in [-0.1, -0.05) is 30.7 Å². The first-order valence-electron chi connectivity index (χ1n) is 11.5. The van der Waals surface area contributed by atoms with E-state index in [0.717, 1.165) is 5.56 Å². The molecule has 0 bridgehead atoms. The molecule has 8 heteroatoms. The third-order valence-electron chi connectivity index (χ3n) is 5.85. The third kappa shape index (κ3) is 4.57. The van der Waals surface area contributed by atoms with Gasteiger partial charge in [0.25, 0.3) is 11.7 Å². The second-order valence-corrected chi connectivity index (χ2v) is 8.35. The SMILES string of the molecule is CCCOC(=O)c1cccc(N2C(=O)C(=O)/C(=C(/O)c3cc(C)ccc3OC)C2c2cccnc2)c1. The molecule has 1 N–H and O–H groups in total. The van der Waals surface area contributed by atoms with Crippen molar-refractivity contribution in [2.45, 2.75) is 26.3 Å². The molecule has 1 amide bonds. The number of Topliss-reactive ketones (excluding diaryl/α,β-unsaturated/α-hetero) is 1. The monoisotopic (exact) mass is 486 g/mol. The van der Waals surface area contributed by atoms with Crippen LogP contribution in [-0.2, 0) is 14.3 Å². The number of rotatable bonds is 7. The molecule has 1 saturated heterocycles. The summed E-state index contributed by atoms with van der Waals surface area (Å²) in [6.45, 7) is 4.00. The fraction of sp³-hybridized carbons (Fsp3) is 0.214. The molecule has 1 aromatic heterocycles. The average Bonchev–Trinajstić information content (AvgIpc) is 3.17. The number of benzene rings is 2. The lowest BCUT2D eigenvalue weighted by molar-refractivity contribution is -0.132. The molecule has 0 aliphatic carbocycles. The maximum Gasteiger partial charge on any atom is 0.338 e. The minimum absolute atomic E-state index is 0.101. The Bertz CT molecular complexity index is 1350. The van der Waals surface area contributed by atoms with Crippen LogP contribution in [0.1, 0.15) is 46.4 Å². The number of hydrogen-bond acceptors (Lipinski definition) is 7. The van der Waals surface area contributed by atoms with Gasteiger partial charge in [-0.2, -0.15) is 0 Å². The standard InChI is InChI=1S/C28H26N2O6/c1-4-13-36-28(34)18-7-5-9-20(15-18)30-24(19-8-6-12-29-16-19)23(26(32)27(30)33)25(31)21-14-17(2)10-11-22(21)35-3/h5-12,14-16,24,31H,4,13H2,1-3H3/b25-23+. The second-order valence-electron chi connectivity index (χ2n) is 8.35.